The average Bonchev–Trinajstić information content (AvgIpc) is 3.80. The third kappa shape index (κ3) is 7.09. The van der Waals surface area contributed by atoms with Crippen molar-refractivity contribution in [3.63, 3.8) is 0 Å². The predicted octanol–water partition coefficient (Wildman–Crippen LogP) is 8.64. The van der Waals surface area contributed by atoms with Gasteiger partial charge >= 0.3 is 0 Å². The summed E-state index contributed by atoms with van der Waals surface area (Å²) in [5.41, 5.74) is 10.3. The van der Waals surface area contributed by atoms with Crippen molar-refractivity contribution >= 4 is 43.6 Å². The molecule has 6 heterocycles. The third-order valence-electron chi connectivity index (χ3n) is 11.4. The summed E-state index contributed by atoms with van der Waals surface area (Å²) in [6.45, 7) is 8.00. The Morgan fingerprint density at radius 1 is 0.593 bits per heavy atom. The number of nitrogens with one attached hydrogen (secondary N) is 1. The van der Waals surface area contributed by atoms with Crippen molar-refractivity contribution in [3.8, 4) is 22.5 Å². The molecule has 2 aliphatic rings. The minimum Gasteiger partial charge on any atom is -0.317 e. The van der Waals surface area contributed by atoms with Crippen molar-refractivity contribution in [1.82, 2.24) is 44.7 Å². The number of likely N-dealkylation sites (tertiary alicyclic amines) is 1. The van der Waals surface area contributed by atoms with E-state index >= 15 is 0 Å². The predicted molar refractivity (Wildman–Crippen MR) is 220 cm³/mol. The van der Waals surface area contributed by atoms with Gasteiger partial charge in [-0.1, -0.05) is 31.2 Å². The molecule has 8 aromatic rings. The molecule has 0 bridgehead atoms. The molecule has 4 aromatic carbocycles. The molecule has 0 saturated carbocycles. The highest BCUT2D eigenvalue weighted by molar-refractivity contribution is 5.89. The van der Waals surface area contributed by atoms with Crippen LogP contribution >= 0.6 is 0 Å². The smallest absolute Gasteiger partial charge is 0.159 e. The maximum absolute atomic E-state index is 5.01. The number of hydrogen-bond acceptors (Lipinski definition) is 7. The highest BCUT2D eigenvalue weighted by atomic mass is 15.2. The fraction of sp³-hybridized carbons (Fsp3) is 0.311. The van der Waals surface area contributed by atoms with Gasteiger partial charge in [0.05, 0.1) is 22.1 Å². The first-order valence-electron chi connectivity index (χ1n) is 19.4. The molecule has 4 aromatic heterocycles. The van der Waals surface area contributed by atoms with E-state index in [9.17, 15) is 0 Å². The molecule has 2 aliphatic heterocycles. The zero-order chi connectivity index (χ0) is 36.6. The summed E-state index contributed by atoms with van der Waals surface area (Å²) in [5, 5.41) is 16.9. The Hall–Kier alpha value is -5.51. The van der Waals surface area contributed by atoms with Gasteiger partial charge < -0.3 is 10.2 Å². The van der Waals surface area contributed by atoms with Crippen LogP contribution in [0.4, 0.5) is 0 Å². The zero-order valence-electron chi connectivity index (χ0n) is 31.4. The first kappa shape index (κ1) is 34.3. The van der Waals surface area contributed by atoms with E-state index in [1.165, 1.54) is 71.9 Å². The van der Waals surface area contributed by atoms with Gasteiger partial charge in [0.2, 0.25) is 0 Å². The Labute approximate surface area is 316 Å². The van der Waals surface area contributed by atoms with Crippen molar-refractivity contribution in [3.05, 3.63) is 115 Å². The van der Waals surface area contributed by atoms with Crippen molar-refractivity contribution in [1.29, 1.82) is 0 Å². The summed E-state index contributed by atoms with van der Waals surface area (Å²) in [7, 11) is 3.90. The van der Waals surface area contributed by atoms with Crippen LogP contribution in [-0.2, 0) is 14.1 Å². The quantitative estimate of drug-likeness (QED) is 0.191. The fourth-order valence-corrected chi connectivity index (χ4v) is 8.31. The monoisotopic (exact) mass is 713 g/mol. The maximum Gasteiger partial charge on any atom is 0.159 e. The van der Waals surface area contributed by atoms with Gasteiger partial charge in [0.15, 0.2) is 5.82 Å². The summed E-state index contributed by atoms with van der Waals surface area (Å²) in [4.78, 5) is 17.0. The van der Waals surface area contributed by atoms with Crippen LogP contribution in [0, 0.1) is 0 Å². The van der Waals surface area contributed by atoms with Gasteiger partial charge in [0.25, 0.3) is 0 Å². The van der Waals surface area contributed by atoms with Crippen LogP contribution in [-0.4, -0.2) is 72.1 Å². The Morgan fingerprint density at radius 2 is 1.20 bits per heavy atom. The Morgan fingerprint density at radius 3 is 1.91 bits per heavy atom. The van der Waals surface area contributed by atoms with Crippen LogP contribution in [0.1, 0.15) is 55.7 Å². The lowest BCUT2D eigenvalue weighted by Gasteiger charge is -2.30. The Bertz CT molecular complexity index is 2590. The molecule has 54 heavy (non-hydrogen) atoms. The second-order valence-corrected chi connectivity index (χ2v) is 15.0. The molecule has 2 fully saturated rings. The molecule has 272 valence electrons. The summed E-state index contributed by atoms with van der Waals surface area (Å²) in [6.07, 6.45) is 10.9. The molecule has 10 rings (SSSR count). The standard InChI is InChI=1S/C24H26N4.C21H21N5/c1-3-28-12-10-17(11-13-28)22-8-6-20-14-18(4-7-23(20)25-22)19-5-9-24-21(15-19)16-27(2)26-24;1-26-13-18-11-16(3-5-20(18)25-26)21-23-12-17-10-15(2-4-19(17)24-21)14-6-8-22-9-7-14/h4-9,14-17H,3,10-13H2,1-2H3;2-5,10-14,22H,6-9H2,1H3. The maximum atomic E-state index is 5.01. The van der Waals surface area contributed by atoms with Crippen molar-refractivity contribution < 1.29 is 0 Å². The summed E-state index contributed by atoms with van der Waals surface area (Å²) < 4.78 is 3.70. The van der Waals surface area contributed by atoms with Gasteiger partial charge in [0, 0.05) is 71.4 Å². The number of pyridine rings is 1. The van der Waals surface area contributed by atoms with E-state index in [0.717, 1.165) is 63.9 Å². The zero-order valence-corrected chi connectivity index (χ0v) is 31.4. The molecular formula is C45H47N9. The number of aryl methyl sites for hydroxylation is 2. The van der Waals surface area contributed by atoms with Crippen LogP contribution in [0.15, 0.2) is 104 Å². The number of fused-ring (bicyclic) bond motifs is 4. The third-order valence-corrected chi connectivity index (χ3v) is 11.4. The lowest BCUT2D eigenvalue weighted by Crippen LogP contribution is -2.32. The lowest BCUT2D eigenvalue weighted by atomic mass is 9.89. The van der Waals surface area contributed by atoms with Gasteiger partial charge in [-0.15, -0.1) is 0 Å². The molecule has 0 atom stereocenters. The molecule has 0 spiro atoms. The van der Waals surface area contributed by atoms with Crippen molar-refractivity contribution in [2.45, 2.75) is 44.4 Å². The molecular weight excluding hydrogens is 667 g/mol. The van der Waals surface area contributed by atoms with Gasteiger partial charge in [-0.2, -0.15) is 10.2 Å². The van der Waals surface area contributed by atoms with Crippen LogP contribution in [0.25, 0.3) is 66.1 Å². The molecule has 1 N–H and O–H groups in total. The second kappa shape index (κ2) is 14.7. The van der Waals surface area contributed by atoms with Gasteiger partial charge in [0.1, 0.15) is 0 Å². The van der Waals surface area contributed by atoms with E-state index in [-0.39, 0.29) is 0 Å². The number of piperidine rings is 2. The number of aromatic nitrogens is 7. The van der Waals surface area contributed by atoms with Crippen LogP contribution in [0.5, 0.6) is 0 Å². The summed E-state index contributed by atoms with van der Waals surface area (Å²) in [5.74, 6) is 2.01. The van der Waals surface area contributed by atoms with Gasteiger partial charge in [-0.25, -0.2) is 9.97 Å². The number of hydrogen-bond donors (Lipinski definition) is 1. The minimum absolute atomic E-state index is 0.597. The van der Waals surface area contributed by atoms with Crippen LogP contribution in [0.2, 0.25) is 0 Å². The number of benzene rings is 4. The van der Waals surface area contributed by atoms with E-state index in [1.54, 1.807) is 0 Å². The topological polar surface area (TPSA) is 89.6 Å². The number of rotatable bonds is 5. The summed E-state index contributed by atoms with van der Waals surface area (Å²) in [6, 6.07) is 30.4. The van der Waals surface area contributed by atoms with Gasteiger partial charge in [-0.3, -0.25) is 14.3 Å². The molecule has 2 saturated heterocycles. The lowest BCUT2D eigenvalue weighted by molar-refractivity contribution is 0.221. The molecule has 9 nitrogen and oxygen atoms in total. The average molecular weight is 714 g/mol. The first-order valence-corrected chi connectivity index (χ1v) is 19.4. The molecule has 0 unspecified atom stereocenters. The van der Waals surface area contributed by atoms with Crippen LogP contribution < -0.4 is 5.32 Å². The van der Waals surface area contributed by atoms with E-state index in [1.807, 2.05) is 48.0 Å². The highest BCUT2D eigenvalue weighted by Gasteiger charge is 2.21. The van der Waals surface area contributed by atoms with E-state index in [4.69, 9.17) is 9.97 Å². The second-order valence-electron chi connectivity index (χ2n) is 15.0. The fourth-order valence-electron chi connectivity index (χ4n) is 8.31. The molecule has 9 heteroatoms. The molecule has 0 amide bonds. The van der Waals surface area contributed by atoms with E-state index in [2.05, 4.69) is 111 Å². The van der Waals surface area contributed by atoms with E-state index < -0.39 is 0 Å². The van der Waals surface area contributed by atoms with Gasteiger partial charge in [-0.05, 0) is 142 Å². The van der Waals surface area contributed by atoms with Crippen LogP contribution in [0.3, 0.4) is 0 Å². The SMILES string of the molecule is CCN1CCC(c2ccc3cc(-c4ccc5nn(C)cc5c4)ccc3n2)CC1.Cn1cc2cc(-c3ncc4cc(C5CCNCC5)ccc4n3)ccc2n1. The molecule has 0 radical (unpaired) electrons. The molecule has 0 aliphatic carbocycles. The van der Waals surface area contributed by atoms with Crippen molar-refractivity contribution in [2.24, 2.45) is 14.1 Å². The summed E-state index contributed by atoms with van der Waals surface area (Å²) >= 11 is 0. The number of nitrogens with zero attached hydrogens (tertiary/aromatic N) is 8. The highest BCUT2D eigenvalue weighted by Crippen LogP contribution is 2.32. The Kier molecular flexibility index (Phi) is 9.34. The first-order chi connectivity index (χ1) is 26.5. The van der Waals surface area contributed by atoms with Crippen molar-refractivity contribution in [2.75, 3.05) is 32.7 Å². The van der Waals surface area contributed by atoms with E-state index in [0.29, 0.717) is 11.8 Å². The minimum atomic E-state index is 0.597. The largest absolute Gasteiger partial charge is 0.317 e. The Balaban J connectivity index is 0.000000143. The normalized spacial score (nSPS) is 16.0.